The number of rotatable bonds is 7. The van der Waals surface area contributed by atoms with E-state index < -0.39 is 0 Å². The quantitative estimate of drug-likeness (QED) is 0.765. The molecule has 1 fully saturated rings. The molecule has 1 amide bonds. The molecule has 1 aliphatic heterocycles. The summed E-state index contributed by atoms with van der Waals surface area (Å²) >= 11 is 0. The number of aryl methyl sites for hydroxylation is 1. The van der Waals surface area contributed by atoms with Gasteiger partial charge >= 0.3 is 0 Å². The van der Waals surface area contributed by atoms with Crippen LogP contribution in [0.1, 0.15) is 38.7 Å². The fraction of sp³-hybridized carbons (Fsp3) is 0.550. The Balaban J connectivity index is 1.65. The van der Waals surface area contributed by atoms with Crippen molar-refractivity contribution in [1.29, 1.82) is 0 Å². The van der Waals surface area contributed by atoms with Crippen LogP contribution in [0.25, 0.3) is 0 Å². The summed E-state index contributed by atoms with van der Waals surface area (Å²) in [6.45, 7) is 6.97. The highest BCUT2D eigenvalue weighted by Crippen LogP contribution is 2.30. The molecule has 2 aromatic heterocycles. The zero-order valence-corrected chi connectivity index (χ0v) is 15.7. The van der Waals surface area contributed by atoms with Gasteiger partial charge < -0.3 is 14.2 Å². The Kier molecular flexibility index (Phi) is 6.04. The number of pyridine rings is 1. The van der Waals surface area contributed by atoms with Crippen LogP contribution in [0.15, 0.2) is 43.2 Å². The van der Waals surface area contributed by atoms with Gasteiger partial charge in [-0.2, -0.15) is 0 Å². The Morgan fingerprint density at radius 1 is 1.38 bits per heavy atom. The van der Waals surface area contributed by atoms with E-state index in [4.69, 9.17) is 4.74 Å². The van der Waals surface area contributed by atoms with Crippen molar-refractivity contribution in [3.63, 3.8) is 0 Å². The number of ether oxygens (including phenoxy) is 1. The van der Waals surface area contributed by atoms with Crippen LogP contribution in [0, 0.1) is 5.92 Å². The van der Waals surface area contributed by atoms with E-state index in [0.717, 1.165) is 37.9 Å². The standard InChI is InChI=1S/C20H28N4O2/c1-20(2)13-18(6-12-26-20)19(25)24(15-17-5-3-7-21-14-17)10-4-9-23-11-8-22-16-23/h3,5,7-8,11,14,16,18H,4,6,9-10,12-13,15H2,1-2H3/t18-/m1/s1. The zero-order chi connectivity index (χ0) is 18.4. The molecule has 0 saturated carbocycles. The fourth-order valence-electron chi connectivity index (χ4n) is 3.54. The van der Waals surface area contributed by atoms with Crippen molar-refractivity contribution in [3.05, 3.63) is 48.8 Å². The van der Waals surface area contributed by atoms with E-state index in [1.807, 2.05) is 40.3 Å². The highest BCUT2D eigenvalue weighted by Gasteiger charge is 2.34. The fourth-order valence-corrected chi connectivity index (χ4v) is 3.54. The summed E-state index contributed by atoms with van der Waals surface area (Å²) in [6.07, 6.45) is 11.6. The second-order valence-electron chi connectivity index (χ2n) is 7.57. The average molecular weight is 356 g/mol. The number of aromatic nitrogens is 3. The first-order valence-electron chi connectivity index (χ1n) is 9.31. The largest absolute Gasteiger partial charge is 0.376 e. The first-order valence-corrected chi connectivity index (χ1v) is 9.31. The maximum atomic E-state index is 13.2. The van der Waals surface area contributed by atoms with E-state index in [-0.39, 0.29) is 17.4 Å². The molecule has 3 rings (SSSR count). The van der Waals surface area contributed by atoms with Crippen molar-refractivity contribution in [2.45, 2.75) is 51.8 Å². The first-order chi connectivity index (χ1) is 12.5. The minimum Gasteiger partial charge on any atom is -0.376 e. The Labute approximate surface area is 155 Å². The van der Waals surface area contributed by atoms with Crippen LogP contribution < -0.4 is 0 Å². The molecule has 140 valence electrons. The predicted octanol–water partition coefficient (Wildman–Crippen LogP) is 2.90. The molecule has 3 heterocycles. The molecule has 0 spiro atoms. The highest BCUT2D eigenvalue weighted by atomic mass is 16.5. The van der Waals surface area contributed by atoms with Gasteiger partial charge in [-0.1, -0.05) is 6.07 Å². The maximum Gasteiger partial charge on any atom is 0.226 e. The van der Waals surface area contributed by atoms with E-state index in [1.54, 1.807) is 12.4 Å². The molecule has 26 heavy (non-hydrogen) atoms. The molecular formula is C20H28N4O2. The molecule has 1 saturated heterocycles. The van der Waals surface area contributed by atoms with Crippen LogP contribution in [0.2, 0.25) is 0 Å². The van der Waals surface area contributed by atoms with Gasteiger partial charge in [0.2, 0.25) is 5.91 Å². The third kappa shape index (κ3) is 5.14. The third-order valence-electron chi connectivity index (χ3n) is 4.86. The van der Waals surface area contributed by atoms with Crippen molar-refractivity contribution >= 4 is 5.91 Å². The topological polar surface area (TPSA) is 60.2 Å². The molecule has 6 heteroatoms. The Morgan fingerprint density at radius 3 is 2.96 bits per heavy atom. The van der Waals surface area contributed by atoms with E-state index in [9.17, 15) is 4.79 Å². The van der Waals surface area contributed by atoms with Crippen molar-refractivity contribution in [1.82, 2.24) is 19.4 Å². The van der Waals surface area contributed by atoms with Gasteiger partial charge in [0, 0.05) is 56.9 Å². The summed E-state index contributed by atoms with van der Waals surface area (Å²) < 4.78 is 7.83. The van der Waals surface area contributed by atoms with Gasteiger partial charge in [0.25, 0.3) is 0 Å². The lowest BCUT2D eigenvalue weighted by Crippen LogP contribution is -2.43. The molecular weight excluding hydrogens is 328 g/mol. The molecule has 0 bridgehead atoms. The molecule has 0 aliphatic carbocycles. The van der Waals surface area contributed by atoms with Gasteiger partial charge in [-0.05, 0) is 44.7 Å². The van der Waals surface area contributed by atoms with Gasteiger partial charge in [0.1, 0.15) is 0 Å². The molecule has 1 aliphatic rings. The number of imidazole rings is 1. The summed E-state index contributed by atoms with van der Waals surface area (Å²) in [4.78, 5) is 23.5. The number of nitrogens with zero attached hydrogens (tertiary/aromatic N) is 4. The minimum atomic E-state index is -0.227. The molecule has 1 atom stereocenters. The zero-order valence-electron chi connectivity index (χ0n) is 15.7. The lowest BCUT2D eigenvalue weighted by molar-refractivity contribution is -0.146. The van der Waals surface area contributed by atoms with E-state index in [0.29, 0.717) is 13.2 Å². The monoisotopic (exact) mass is 356 g/mol. The lowest BCUT2D eigenvalue weighted by atomic mass is 9.87. The maximum absolute atomic E-state index is 13.2. The summed E-state index contributed by atoms with van der Waals surface area (Å²) in [6, 6.07) is 3.94. The summed E-state index contributed by atoms with van der Waals surface area (Å²) in [5.74, 6) is 0.263. The minimum absolute atomic E-state index is 0.0312. The van der Waals surface area contributed by atoms with Gasteiger partial charge in [-0.3, -0.25) is 9.78 Å². The van der Waals surface area contributed by atoms with Gasteiger partial charge in [-0.25, -0.2) is 4.98 Å². The number of amides is 1. The lowest BCUT2D eigenvalue weighted by Gasteiger charge is -2.37. The van der Waals surface area contributed by atoms with Crippen molar-refractivity contribution in [2.24, 2.45) is 5.92 Å². The normalized spacial score (nSPS) is 19.2. The van der Waals surface area contributed by atoms with Crippen LogP contribution in [-0.4, -0.2) is 44.1 Å². The van der Waals surface area contributed by atoms with Gasteiger partial charge in [0.05, 0.1) is 11.9 Å². The summed E-state index contributed by atoms with van der Waals surface area (Å²) in [5, 5.41) is 0. The summed E-state index contributed by atoms with van der Waals surface area (Å²) in [7, 11) is 0. The van der Waals surface area contributed by atoms with Gasteiger partial charge in [0.15, 0.2) is 0 Å². The van der Waals surface area contributed by atoms with Crippen molar-refractivity contribution in [3.8, 4) is 0 Å². The van der Waals surface area contributed by atoms with Crippen molar-refractivity contribution in [2.75, 3.05) is 13.2 Å². The summed E-state index contributed by atoms with van der Waals surface area (Å²) in [5.41, 5.74) is 0.838. The first kappa shape index (κ1) is 18.6. The number of carbonyl (C=O) groups excluding carboxylic acids is 1. The van der Waals surface area contributed by atoms with Crippen LogP contribution in [0.3, 0.4) is 0 Å². The smallest absolute Gasteiger partial charge is 0.226 e. The van der Waals surface area contributed by atoms with E-state index in [1.165, 1.54) is 0 Å². The second-order valence-corrected chi connectivity index (χ2v) is 7.57. The number of hydrogen-bond donors (Lipinski definition) is 0. The highest BCUT2D eigenvalue weighted by molar-refractivity contribution is 5.79. The molecule has 2 aromatic rings. The van der Waals surface area contributed by atoms with Crippen LogP contribution in [0.4, 0.5) is 0 Å². The number of carbonyl (C=O) groups is 1. The third-order valence-corrected chi connectivity index (χ3v) is 4.86. The van der Waals surface area contributed by atoms with Crippen LogP contribution >= 0.6 is 0 Å². The predicted molar refractivity (Wildman–Crippen MR) is 99.3 cm³/mol. The molecule has 0 unspecified atom stereocenters. The molecule has 0 aromatic carbocycles. The number of hydrogen-bond acceptors (Lipinski definition) is 4. The SMILES string of the molecule is CC1(C)C[C@H](C(=O)N(CCCn2ccnc2)Cc2cccnc2)CCO1. The van der Waals surface area contributed by atoms with Crippen LogP contribution in [0.5, 0.6) is 0 Å². The van der Waals surface area contributed by atoms with Crippen LogP contribution in [-0.2, 0) is 22.6 Å². The van der Waals surface area contributed by atoms with Gasteiger partial charge in [-0.15, -0.1) is 0 Å². The Morgan fingerprint density at radius 2 is 2.27 bits per heavy atom. The van der Waals surface area contributed by atoms with E-state index in [2.05, 4.69) is 23.8 Å². The Bertz CT molecular complexity index is 685. The van der Waals surface area contributed by atoms with Crippen molar-refractivity contribution < 1.29 is 9.53 Å². The van der Waals surface area contributed by atoms with E-state index >= 15 is 0 Å². The molecule has 6 nitrogen and oxygen atoms in total. The molecule has 0 radical (unpaired) electrons. The molecule has 0 N–H and O–H groups in total. The Hall–Kier alpha value is -2.21. The second kappa shape index (κ2) is 8.45. The average Bonchev–Trinajstić information content (AvgIpc) is 3.14.